The summed E-state index contributed by atoms with van der Waals surface area (Å²) < 4.78 is 13.8. The molecule has 0 radical (unpaired) electrons. The predicted molar refractivity (Wildman–Crippen MR) is 70.0 cm³/mol. The third-order valence-corrected chi connectivity index (χ3v) is 3.78. The predicted octanol–water partition coefficient (Wildman–Crippen LogP) is 1.92. The van der Waals surface area contributed by atoms with Crippen LogP contribution in [0.3, 0.4) is 0 Å². The number of hydrogen-bond donors (Lipinski definition) is 2. The van der Waals surface area contributed by atoms with E-state index >= 15 is 0 Å². The van der Waals surface area contributed by atoms with Crippen molar-refractivity contribution in [1.29, 1.82) is 0 Å². The van der Waals surface area contributed by atoms with Crippen LogP contribution in [-0.4, -0.2) is 18.5 Å². The number of guanidine groups is 1. The second-order valence-corrected chi connectivity index (χ2v) is 5.38. The van der Waals surface area contributed by atoms with E-state index in [4.69, 9.17) is 5.73 Å². The van der Waals surface area contributed by atoms with Crippen LogP contribution in [0.25, 0.3) is 0 Å². The molecule has 0 heterocycles. The Kier molecular flexibility index (Phi) is 2.73. The molecule has 2 saturated carbocycles. The van der Waals surface area contributed by atoms with Gasteiger partial charge in [-0.3, -0.25) is 4.99 Å². The quantitative estimate of drug-likeness (QED) is 0.631. The Morgan fingerprint density at radius 2 is 2.11 bits per heavy atom. The molecule has 0 unspecified atom stereocenters. The number of benzene rings is 1. The van der Waals surface area contributed by atoms with E-state index in [2.05, 4.69) is 10.3 Å². The van der Waals surface area contributed by atoms with Crippen molar-refractivity contribution in [2.24, 2.45) is 10.7 Å². The topological polar surface area (TPSA) is 50.4 Å². The average molecular weight is 247 g/mol. The summed E-state index contributed by atoms with van der Waals surface area (Å²) in [5.74, 6) is 0.374. The molecule has 0 atom stereocenters. The fraction of sp³-hybridized carbons (Fsp3) is 0.500. The van der Waals surface area contributed by atoms with Crippen LogP contribution in [0.15, 0.2) is 29.3 Å². The van der Waals surface area contributed by atoms with Crippen molar-refractivity contribution < 1.29 is 4.39 Å². The molecule has 0 aliphatic heterocycles. The molecular weight excluding hydrogens is 229 g/mol. The fourth-order valence-corrected chi connectivity index (χ4v) is 2.27. The summed E-state index contributed by atoms with van der Waals surface area (Å²) in [5, 5.41) is 3.15. The second-order valence-electron chi connectivity index (χ2n) is 5.38. The monoisotopic (exact) mass is 247 g/mol. The van der Waals surface area contributed by atoms with Gasteiger partial charge in [-0.15, -0.1) is 0 Å². The van der Waals surface area contributed by atoms with Crippen molar-refractivity contribution in [3.05, 3.63) is 35.6 Å². The average Bonchev–Trinajstić information content (AvgIpc) is 3.23. The first-order valence-corrected chi connectivity index (χ1v) is 6.51. The van der Waals surface area contributed by atoms with Gasteiger partial charge < -0.3 is 11.1 Å². The first-order chi connectivity index (χ1) is 8.70. The molecule has 3 N–H and O–H groups in total. The SMILES string of the molecule is NC(=NCC1(c2ccccc2F)CC1)NC1CC1. The van der Waals surface area contributed by atoms with Crippen molar-refractivity contribution in [1.82, 2.24) is 5.32 Å². The van der Waals surface area contributed by atoms with Gasteiger partial charge in [-0.05, 0) is 37.3 Å². The van der Waals surface area contributed by atoms with Crippen LogP contribution in [0, 0.1) is 5.82 Å². The molecule has 0 amide bonds. The molecule has 3 nitrogen and oxygen atoms in total. The number of rotatable bonds is 4. The highest BCUT2D eigenvalue weighted by Crippen LogP contribution is 2.49. The Morgan fingerprint density at radius 1 is 1.39 bits per heavy atom. The third-order valence-electron chi connectivity index (χ3n) is 3.78. The van der Waals surface area contributed by atoms with Crippen LogP contribution in [0.4, 0.5) is 4.39 Å². The van der Waals surface area contributed by atoms with E-state index in [1.165, 1.54) is 18.9 Å². The molecule has 0 bridgehead atoms. The smallest absolute Gasteiger partial charge is 0.188 e. The maximum Gasteiger partial charge on any atom is 0.188 e. The van der Waals surface area contributed by atoms with E-state index in [0.717, 1.165) is 18.4 Å². The van der Waals surface area contributed by atoms with Gasteiger partial charge in [0.2, 0.25) is 0 Å². The van der Waals surface area contributed by atoms with Crippen molar-refractivity contribution in [3.63, 3.8) is 0 Å². The first kappa shape index (κ1) is 11.5. The van der Waals surface area contributed by atoms with E-state index in [-0.39, 0.29) is 11.2 Å². The zero-order chi connectivity index (χ0) is 12.6. The number of nitrogens with two attached hydrogens (primary N) is 1. The summed E-state index contributed by atoms with van der Waals surface area (Å²) in [6.07, 6.45) is 4.34. The van der Waals surface area contributed by atoms with Crippen LogP contribution in [0.2, 0.25) is 0 Å². The molecule has 1 aromatic rings. The molecule has 0 spiro atoms. The van der Waals surface area contributed by atoms with E-state index in [0.29, 0.717) is 18.5 Å². The molecule has 2 aliphatic carbocycles. The number of nitrogens with one attached hydrogen (secondary N) is 1. The Hall–Kier alpha value is -1.58. The summed E-state index contributed by atoms with van der Waals surface area (Å²) in [7, 11) is 0. The molecular formula is C14H18FN3. The van der Waals surface area contributed by atoms with Crippen molar-refractivity contribution >= 4 is 5.96 Å². The van der Waals surface area contributed by atoms with Crippen molar-refractivity contribution in [2.45, 2.75) is 37.1 Å². The molecule has 2 aliphatic rings. The molecule has 96 valence electrons. The van der Waals surface area contributed by atoms with Crippen LogP contribution in [0.1, 0.15) is 31.2 Å². The normalized spacial score (nSPS) is 21.7. The van der Waals surface area contributed by atoms with Crippen LogP contribution in [0.5, 0.6) is 0 Å². The number of nitrogens with zero attached hydrogens (tertiary/aromatic N) is 1. The minimum absolute atomic E-state index is 0.110. The van der Waals surface area contributed by atoms with Gasteiger partial charge in [0.05, 0.1) is 6.54 Å². The van der Waals surface area contributed by atoms with Gasteiger partial charge in [0.25, 0.3) is 0 Å². The Labute approximate surface area is 106 Å². The molecule has 4 heteroatoms. The Morgan fingerprint density at radius 3 is 2.72 bits per heavy atom. The van der Waals surface area contributed by atoms with E-state index < -0.39 is 0 Å². The molecule has 0 saturated heterocycles. The highest BCUT2D eigenvalue weighted by molar-refractivity contribution is 5.78. The second kappa shape index (κ2) is 4.26. The highest BCUT2D eigenvalue weighted by atomic mass is 19.1. The third kappa shape index (κ3) is 2.33. The lowest BCUT2D eigenvalue weighted by Crippen LogP contribution is -2.34. The Bertz CT molecular complexity index is 476. The van der Waals surface area contributed by atoms with E-state index in [9.17, 15) is 4.39 Å². The fourth-order valence-electron chi connectivity index (χ4n) is 2.27. The van der Waals surface area contributed by atoms with Gasteiger partial charge in [-0.1, -0.05) is 18.2 Å². The van der Waals surface area contributed by atoms with Gasteiger partial charge in [-0.25, -0.2) is 4.39 Å². The lowest BCUT2D eigenvalue weighted by atomic mass is 9.95. The maximum atomic E-state index is 13.8. The Balaban J connectivity index is 1.69. The standard InChI is InChI=1S/C14H18FN3/c15-12-4-2-1-3-11(12)14(7-8-14)9-17-13(16)18-10-5-6-10/h1-4,10H,5-9H2,(H3,16,17,18). The zero-order valence-corrected chi connectivity index (χ0v) is 10.3. The molecule has 1 aromatic carbocycles. The minimum Gasteiger partial charge on any atom is -0.370 e. The van der Waals surface area contributed by atoms with Crippen LogP contribution < -0.4 is 11.1 Å². The molecule has 18 heavy (non-hydrogen) atoms. The van der Waals surface area contributed by atoms with Crippen molar-refractivity contribution in [3.8, 4) is 0 Å². The van der Waals surface area contributed by atoms with Gasteiger partial charge in [0.15, 0.2) is 5.96 Å². The largest absolute Gasteiger partial charge is 0.370 e. The lowest BCUT2D eigenvalue weighted by molar-refractivity contribution is 0.573. The number of halogens is 1. The maximum absolute atomic E-state index is 13.8. The lowest BCUT2D eigenvalue weighted by Gasteiger charge is -2.14. The van der Waals surface area contributed by atoms with E-state index in [1.54, 1.807) is 6.07 Å². The van der Waals surface area contributed by atoms with Gasteiger partial charge >= 0.3 is 0 Å². The van der Waals surface area contributed by atoms with Crippen LogP contribution in [-0.2, 0) is 5.41 Å². The van der Waals surface area contributed by atoms with Crippen molar-refractivity contribution in [2.75, 3.05) is 6.54 Å². The number of aliphatic imine (C=N–C) groups is 1. The van der Waals surface area contributed by atoms with Gasteiger partial charge in [0.1, 0.15) is 5.82 Å². The summed E-state index contributed by atoms with van der Waals surface area (Å²) in [5.41, 5.74) is 6.49. The van der Waals surface area contributed by atoms with Gasteiger partial charge in [-0.2, -0.15) is 0 Å². The summed E-state index contributed by atoms with van der Waals surface area (Å²) >= 11 is 0. The zero-order valence-electron chi connectivity index (χ0n) is 10.3. The molecule has 2 fully saturated rings. The number of hydrogen-bond acceptors (Lipinski definition) is 1. The minimum atomic E-state index is -0.126. The highest BCUT2D eigenvalue weighted by Gasteiger charge is 2.45. The summed E-state index contributed by atoms with van der Waals surface area (Å²) in [4.78, 5) is 4.37. The van der Waals surface area contributed by atoms with E-state index in [1.807, 2.05) is 12.1 Å². The molecule has 0 aromatic heterocycles. The summed E-state index contributed by atoms with van der Waals surface area (Å²) in [6.45, 7) is 0.583. The molecule has 3 rings (SSSR count). The first-order valence-electron chi connectivity index (χ1n) is 6.51. The van der Waals surface area contributed by atoms with Gasteiger partial charge in [0, 0.05) is 11.5 Å². The summed E-state index contributed by atoms with van der Waals surface area (Å²) in [6, 6.07) is 7.50. The van der Waals surface area contributed by atoms with Crippen LogP contribution >= 0.6 is 0 Å².